The monoisotopic (exact) mass is 615 g/mol. The number of furan rings is 1. The number of aromatic nitrogens is 3. The number of hydrogen-bond acceptors (Lipinski definition) is 4. The van der Waals surface area contributed by atoms with Crippen molar-refractivity contribution in [1.29, 1.82) is 0 Å². The third-order valence-electron chi connectivity index (χ3n) is 10.1. The highest BCUT2D eigenvalue weighted by Gasteiger charge is 2.35. The first kappa shape index (κ1) is 27.0. The Bertz CT molecular complexity index is 2760. The van der Waals surface area contributed by atoms with E-state index in [9.17, 15) is 0 Å². The van der Waals surface area contributed by atoms with Gasteiger partial charge in [0, 0.05) is 32.9 Å². The van der Waals surface area contributed by atoms with Gasteiger partial charge < -0.3 is 4.42 Å². The standard InChI is InChI=1S/C44H29N3O/c1-44(2)36-16-8-6-13-30(36)35-23-28-21-19-26-20-22-29(24-33(26)34(28)25-37(35)44)42-45-41(27-11-4-3-5-12-27)46-43(47-42)32-15-10-18-39-40(32)31-14-7-9-17-38(31)48-39/h3-25H,1-2H3. The minimum absolute atomic E-state index is 0.0775. The lowest BCUT2D eigenvalue weighted by atomic mass is 9.81. The average molecular weight is 616 g/mol. The van der Waals surface area contributed by atoms with Crippen molar-refractivity contribution in [1.82, 2.24) is 15.0 Å². The zero-order chi connectivity index (χ0) is 32.0. The fraction of sp³-hybridized carbons (Fsp3) is 0.0682. The maximum absolute atomic E-state index is 6.23. The summed E-state index contributed by atoms with van der Waals surface area (Å²) in [7, 11) is 0. The summed E-state index contributed by atoms with van der Waals surface area (Å²) in [6, 6.07) is 49.0. The van der Waals surface area contributed by atoms with Gasteiger partial charge in [0.05, 0.1) is 0 Å². The number of rotatable bonds is 3. The molecule has 48 heavy (non-hydrogen) atoms. The number of nitrogens with zero attached hydrogens (tertiary/aromatic N) is 3. The van der Waals surface area contributed by atoms with Gasteiger partial charge in [-0.1, -0.05) is 123 Å². The fourth-order valence-electron chi connectivity index (χ4n) is 7.69. The Morgan fingerprint density at radius 3 is 2.00 bits per heavy atom. The van der Waals surface area contributed by atoms with Gasteiger partial charge in [0.1, 0.15) is 11.2 Å². The minimum atomic E-state index is -0.0775. The van der Waals surface area contributed by atoms with Gasteiger partial charge in [-0.15, -0.1) is 0 Å². The van der Waals surface area contributed by atoms with Crippen LogP contribution in [0.4, 0.5) is 0 Å². The van der Waals surface area contributed by atoms with E-state index in [0.717, 1.165) is 38.6 Å². The van der Waals surface area contributed by atoms with Crippen LogP contribution in [-0.4, -0.2) is 15.0 Å². The van der Waals surface area contributed by atoms with E-state index >= 15 is 0 Å². The highest BCUT2D eigenvalue weighted by atomic mass is 16.3. The lowest BCUT2D eigenvalue weighted by Gasteiger charge is -2.22. The molecule has 1 aliphatic carbocycles. The van der Waals surface area contributed by atoms with Crippen molar-refractivity contribution in [3.8, 4) is 45.3 Å². The van der Waals surface area contributed by atoms with Crippen LogP contribution in [0.1, 0.15) is 25.0 Å². The summed E-state index contributed by atoms with van der Waals surface area (Å²) in [6.07, 6.45) is 0. The SMILES string of the molecule is CC1(C)c2ccccc2-c2cc3ccc4ccc(-c5nc(-c6ccccc6)nc(-c6cccc7oc8ccccc8c67)n5)cc4c3cc21. The molecule has 1 aliphatic rings. The van der Waals surface area contributed by atoms with E-state index in [-0.39, 0.29) is 5.41 Å². The quantitative estimate of drug-likeness (QED) is 0.186. The molecule has 7 aromatic carbocycles. The first-order valence-corrected chi connectivity index (χ1v) is 16.4. The lowest BCUT2D eigenvalue weighted by molar-refractivity contribution is 0.661. The van der Waals surface area contributed by atoms with E-state index in [2.05, 4.69) is 92.7 Å². The van der Waals surface area contributed by atoms with Crippen LogP contribution in [0.5, 0.6) is 0 Å². The summed E-state index contributed by atoms with van der Waals surface area (Å²) in [5.74, 6) is 1.89. The van der Waals surface area contributed by atoms with E-state index in [1.807, 2.05) is 60.7 Å². The smallest absolute Gasteiger partial charge is 0.164 e. The average Bonchev–Trinajstić information content (AvgIpc) is 3.63. The summed E-state index contributed by atoms with van der Waals surface area (Å²) < 4.78 is 6.23. The van der Waals surface area contributed by atoms with E-state index in [1.165, 1.54) is 43.8 Å². The van der Waals surface area contributed by atoms with Crippen molar-refractivity contribution < 1.29 is 4.42 Å². The molecule has 9 aromatic rings. The van der Waals surface area contributed by atoms with Crippen LogP contribution in [0, 0.1) is 0 Å². The van der Waals surface area contributed by atoms with Gasteiger partial charge in [-0.2, -0.15) is 0 Å². The highest BCUT2D eigenvalue weighted by molar-refractivity contribution is 6.12. The molecule has 0 radical (unpaired) electrons. The van der Waals surface area contributed by atoms with Crippen LogP contribution < -0.4 is 0 Å². The largest absolute Gasteiger partial charge is 0.456 e. The van der Waals surface area contributed by atoms with Crippen molar-refractivity contribution in [3.63, 3.8) is 0 Å². The second-order valence-corrected chi connectivity index (χ2v) is 13.2. The van der Waals surface area contributed by atoms with Crippen molar-refractivity contribution >= 4 is 43.5 Å². The molecular weight excluding hydrogens is 587 g/mol. The van der Waals surface area contributed by atoms with Crippen molar-refractivity contribution in [3.05, 3.63) is 151 Å². The van der Waals surface area contributed by atoms with Gasteiger partial charge in [0.25, 0.3) is 0 Å². The zero-order valence-corrected chi connectivity index (χ0v) is 26.5. The van der Waals surface area contributed by atoms with Crippen LogP contribution >= 0.6 is 0 Å². The van der Waals surface area contributed by atoms with E-state index in [4.69, 9.17) is 19.4 Å². The molecule has 0 aliphatic heterocycles. The van der Waals surface area contributed by atoms with Gasteiger partial charge in [-0.3, -0.25) is 0 Å². The molecule has 0 fully saturated rings. The molecule has 10 rings (SSSR count). The molecule has 0 N–H and O–H groups in total. The predicted molar refractivity (Wildman–Crippen MR) is 196 cm³/mol. The van der Waals surface area contributed by atoms with Crippen molar-refractivity contribution in [2.75, 3.05) is 0 Å². The number of benzene rings is 7. The van der Waals surface area contributed by atoms with Crippen molar-refractivity contribution in [2.45, 2.75) is 19.3 Å². The number of fused-ring (bicyclic) bond motifs is 9. The molecule has 4 nitrogen and oxygen atoms in total. The maximum atomic E-state index is 6.23. The van der Waals surface area contributed by atoms with E-state index in [1.54, 1.807) is 0 Å². The molecule has 0 unspecified atom stereocenters. The van der Waals surface area contributed by atoms with Gasteiger partial charge in [0.15, 0.2) is 17.5 Å². The Morgan fingerprint density at radius 2 is 1.10 bits per heavy atom. The second-order valence-electron chi connectivity index (χ2n) is 13.2. The van der Waals surface area contributed by atoms with Crippen molar-refractivity contribution in [2.24, 2.45) is 0 Å². The van der Waals surface area contributed by atoms with Crippen LogP contribution in [0.2, 0.25) is 0 Å². The molecule has 4 heteroatoms. The maximum Gasteiger partial charge on any atom is 0.164 e. The van der Waals surface area contributed by atoms with Crippen LogP contribution in [0.25, 0.3) is 88.8 Å². The lowest BCUT2D eigenvalue weighted by Crippen LogP contribution is -2.14. The molecule has 2 heterocycles. The Morgan fingerprint density at radius 1 is 0.438 bits per heavy atom. The van der Waals surface area contributed by atoms with Gasteiger partial charge in [0.2, 0.25) is 0 Å². The van der Waals surface area contributed by atoms with E-state index in [0.29, 0.717) is 17.5 Å². The Hall–Kier alpha value is -6.13. The molecule has 0 spiro atoms. The summed E-state index contributed by atoms with van der Waals surface area (Å²) in [5.41, 5.74) is 9.79. The molecule has 0 saturated heterocycles. The molecule has 0 bridgehead atoms. The summed E-state index contributed by atoms with van der Waals surface area (Å²) in [4.78, 5) is 15.3. The number of hydrogen-bond donors (Lipinski definition) is 0. The van der Waals surface area contributed by atoms with E-state index < -0.39 is 0 Å². The van der Waals surface area contributed by atoms with Gasteiger partial charge in [-0.25, -0.2) is 15.0 Å². The molecule has 0 saturated carbocycles. The first-order valence-electron chi connectivity index (χ1n) is 16.4. The molecule has 0 atom stereocenters. The molecule has 0 amide bonds. The molecular formula is C44H29N3O. The topological polar surface area (TPSA) is 51.8 Å². The van der Waals surface area contributed by atoms with Gasteiger partial charge in [-0.05, 0) is 74.1 Å². The Labute approximate surface area is 277 Å². The molecule has 2 aromatic heterocycles. The zero-order valence-electron chi connectivity index (χ0n) is 26.5. The Kier molecular flexibility index (Phi) is 5.59. The third-order valence-corrected chi connectivity index (χ3v) is 10.1. The highest BCUT2D eigenvalue weighted by Crippen LogP contribution is 2.50. The summed E-state index contributed by atoms with van der Waals surface area (Å²) >= 11 is 0. The predicted octanol–water partition coefficient (Wildman–Crippen LogP) is 11.4. The van der Waals surface area contributed by atoms with Crippen LogP contribution in [0.3, 0.4) is 0 Å². The van der Waals surface area contributed by atoms with Gasteiger partial charge >= 0.3 is 0 Å². The fourth-order valence-corrected chi connectivity index (χ4v) is 7.69. The summed E-state index contributed by atoms with van der Waals surface area (Å²) in [6.45, 7) is 4.67. The normalized spacial score (nSPS) is 13.4. The van der Waals surface area contributed by atoms with Crippen LogP contribution in [0.15, 0.2) is 144 Å². The first-order chi connectivity index (χ1) is 23.5. The summed E-state index contributed by atoms with van der Waals surface area (Å²) in [5, 5.41) is 6.89. The number of para-hydroxylation sites is 1. The van der Waals surface area contributed by atoms with Crippen LogP contribution in [-0.2, 0) is 5.41 Å². The third kappa shape index (κ3) is 3.93. The molecule has 226 valence electrons. The second kappa shape index (κ2) is 9.93. The minimum Gasteiger partial charge on any atom is -0.456 e. The Balaban J connectivity index is 1.21.